The van der Waals surface area contributed by atoms with Gasteiger partial charge in [-0.05, 0) is 24.6 Å². The Balaban J connectivity index is 1.87. The van der Waals surface area contributed by atoms with Crippen LogP contribution in [-0.4, -0.2) is 41.1 Å². The number of hydrogen-bond donors (Lipinski definition) is 2. The van der Waals surface area contributed by atoms with Crippen LogP contribution in [0.15, 0.2) is 24.4 Å². The number of nitrogens with zero attached hydrogens (tertiary/aromatic N) is 1. The highest BCUT2D eigenvalue weighted by Gasteiger charge is 2.24. The van der Waals surface area contributed by atoms with E-state index >= 15 is 0 Å². The molecule has 1 aromatic carbocycles. The second kappa shape index (κ2) is 5.17. The number of fused-ring (bicyclic) bond motifs is 1. The maximum atomic E-state index is 11.6. The summed E-state index contributed by atoms with van der Waals surface area (Å²) in [6.45, 7) is 1.09. The number of hydrogen-bond acceptors (Lipinski definition) is 3. The van der Waals surface area contributed by atoms with E-state index in [1.54, 1.807) is 18.2 Å². The predicted molar refractivity (Wildman–Crippen MR) is 75.6 cm³/mol. The molecule has 106 valence electrons. The standard InChI is InChI=1S/C15H18N2O3/c1-20-10-4-5-13-11(7-10)12(8-16-13)14(18)9-17-6-2-3-15(17)19/h4-5,7-8,14,16,18H,2-3,6,9H2,1H3. The molecule has 0 bridgehead atoms. The highest BCUT2D eigenvalue weighted by Crippen LogP contribution is 2.28. The Labute approximate surface area is 117 Å². The number of carbonyl (C=O) groups is 1. The first-order valence-electron chi connectivity index (χ1n) is 6.80. The zero-order valence-corrected chi connectivity index (χ0v) is 11.4. The van der Waals surface area contributed by atoms with Crippen molar-refractivity contribution in [2.24, 2.45) is 0 Å². The van der Waals surface area contributed by atoms with Crippen LogP contribution in [0, 0.1) is 0 Å². The molecule has 20 heavy (non-hydrogen) atoms. The van der Waals surface area contributed by atoms with Crippen molar-refractivity contribution in [1.29, 1.82) is 0 Å². The van der Waals surface area contributed by atoms with Gasteiger partial charge in [0.1, 0.15) is 5.75 Å². The number of β-amino-alcohol motifs (C(OH)–C–C–N with tert-alkyl or cyclic N) is 1. The summed E-state index contributed by atoms with van der Waals surface area (Å²) in [6, 6.07) is 5.70. The molecular formula is C15H18N2O3. The van der Waals surface area contributed by atoms with E-state index in [4.69, 9.17) is 4.74 Å². The van der Waals surface area contributed by atoms with Crippen LogP contribution in [0.1, 0.15) is 24.5 Å². The lowest BCUT2D eigenvalue weighted by Gasteiger charge is -2.19. The minimum Gasteiger partial charge on any atom is -0.497 e. The van der Waals surface area contributed by atoms with Gasteiger partial charge in [-0.15, -0.1) is 0 Å². The Kier molecular flexibility index (Phi) is 3.36. The molecule has 2 aromatic rings. The topological polar surface area (TPSA) is 65.6 Å². The van der Waals surface area contributed by atoms with Crippen molar-refractivity contribution in [3.8, 4) is 5.75 Å². The van der Waals surface area contributed by atoms with Gasteiger partial charge in [0.2, 0.25) is 5.91 Å². The number of carbonyl (C=O) groups excluding carboxylic acids is 1. The molecular weight excluding hydrogens is 256 g/mol. The van der Waals surface area contributed by atoms with Gasteiger partial charge < -0.3 is 19.7 Å². The molecule has 2 heterocycles. The van der Waals surface area contributed by atoms with Gasteiger partial charge in [-0.25, -0.2) is 0 Å². The number of nitrogens with one attached hydrogen (secondary N) is 1. The van der Waals surface area contributed by atoms with E-state index in [-0.39, 0.29) is 5.91 Å². The maximum Gasteiger partial charge on any atom is 0.222 e. The molecule has 5 heteroatoms. The molecule has 2 N–H and O–H groups in total. The number of rotatable bonds is 4. The summed E-state index contributed by atoms with van der Waals surface area (Å²) in [5.74, 6) is 0.879. The second-order valence-corrected chi connectivity index (χ2v) is 5.11. The SMILES string of the molecule is COc1ccc2[nH]cc(C(O)CN3CCCC3=O)c2c1. The van der Waals surface area contributed by atoms with Gasteiger partial charge in [0, 0.05) is 35.6 Å². The van der Waals surface area contributed by atoms with E-state index in [1.807, 2.05) is 18.2 Å². The van der Waals surface area contributed by atoms with Gasteiger partial charge >= 0.3 is 0 Å². The zero-order chi connectivity index (χ0) is 14.1. The van der Waals surface area contributed by atoms with Crippen LogP contribution in [0.25, 0.3) is 10.9 Å². The zero-order valence-electron chi connectivity index (χ0n) is 11.4. The van der Waals surface area contributed by atoms with Crippen LogP contribution in [-0.2, 0) is 4.79 Å². The lowest BCUT2D eigenvalue weighted by atomic mass is 10.1. The number of H-pyrrole nitrogens is 1. The van der Waals surface area contributed by atoms with E-state index in [0.717, 1.165) is 35.2 Å². The summed E-state index contributed by atoms with van der Waals surface area (Å²) in [4.78, 5) is 16.5. The Bertz CT molecular complexity index is 635. The van der Waals surface area contributed by atoms with Gasteiger partial charge in [-0.3, -0.25) is 4.79 Å². The molecule has 1 aliphatic heterocycles. The first-order chi connectivity index (χ1) is 9.69. The summed E-state index contributed by atoms with van der Waals surface area (Å²) >= 11 is 0. The number of methoxy groups -OCH3 is 1. The predicted octanol–water partition coefficient (Wildman–Crippen LogP) is 1.83. The third-order valence-corrected chi connectivity index (χ3v) is 3.84. The van der Waals surface area contributed by atoms with E-state index in [9.17, 15) is 9.90 Å². The van der Waals surface area contributed by atoms with Crippen molar-refractivity contribution in [1.82, 2.24) is 9.88 Å². The molecule has 3 rings (SSSR count). The molecule has 0 radical (unpaired) electrons. The van der Waals surface area contributed by atoms with Gasteiger partial charge in [0.05, 0.1) is 19.8 Å². The molecule has 1 saturated heterocycles. The highest BCUT2D eigenvalue weighted by molar-refractivity contribution is 5.85. The number of ether oxygens (including phenoxy) is 1. The smallest absolute Gasteiger partial charge is 0.222 e. The van der Waals surface area contributed by atoms with E-state index in [1.165, 1.54) is 0 Å². The summed E-state index contributed by atoms with van der Waals surface area (Å²) in [7, 11) is 1.62. The van der Waals surface area contributed by atoms with Crippen LogP contribution >= 0.6 is 0 Å². The summed E-state index contributed by atoms with van der Waals surface area (Å²) in [6.07, 6.45) is 2.59. The van der Waals surface area contributed by atoms with Crippen molar-refractivity contribution in [3.05, 3.63) is 30.0 Å². The van der Waals surface area contributed by atoms with E-state index in [2.05, 4.69) is 4.98 Å². The fourth-order valence-corrected chi connectivity index (χ4v) is 2.73. The van der Waals surface area contributed by atoms with Crippen molar-refractivity contribution >= 4 is 16.8 Å². The van der Waals surface area contributed by atoms with E-state index in [0.29, 0.717) is 13.0 Å². The normalized spacial score (nSPS) is 16.9. The number of aromatic nitrogens is 1. The van der Waals surface area contributed by atoms with E-state index < -0.39 is 6.10 Å². The Morgan fingerprint density at radius 3 is 3.05 bits per heavy atom. The van der Waals surface area contributed by atoms with Gasteiger partial charge in [0.15, 0.2) is 0 Å². The average molecular weight is 274 g/mol. The average Bonchev–Trinajstić information content (AvgIpc) is 3.04. The Hall–Kier alpha value is -2.01. The fourth-order valence-electron chi connectivity index (χ4n) is 2.73. The Morgan fingerprint density at radius 2 is 2.35 bits per heavy atom. The number of aliphatic hydroxyl groups excluding tert-OH is 1. The van der Waals surface area contributed by atoms with Crippen molar-refractivity contribution in [2.45, 2.75) is 18.9 Å². The van der Waals surface area contributed by atoms with Crippen molar-refractivity contribution in [3.63, 3.8) is 0 Å². The minimum atomic E-state index is -0.682. The van der Waals surface area contributed by atoms with Crippen LogP contribution in [0.2, 0.25) is 0 Å². The molecule has 0 saturated carbocycles. The van der Waals surface area contributed by atoms with Gasteiger partial charge in [-0.2, -0.15) is 0 Å². The van der Waals surface area contributed by atoms with Crippen molar-refractivity contribution < 1.29 is 14.6 Å². The monoisotopic (exact) mass is 274 g/mol. The van der Waals surface area contributed by atoms with Gasteiger partial charge in [-0.1, -0.05) is 0 Å². The molecule has 1 atom stereocenters. The highest BCUT2D eigenvalue weighted by atomic mass is 16.5. The van der Waals surface area contributed by atoms with Crippen molar-refractivity contribution in [2.75, 3.05) is 20.2 Å². The third kappa shape index (κ3) is 2.25. The molecule has 0 aliphatic carbocycles. The lowest BCUT2D eigenvalue weighted by Crippen LogP contribution is -2.29. The third-order valence-electron chi connectivity index (χ3n) is 3.84. The molecule has 0 spiro atoms. The minimum absolute atomic E-state index is 0.126. The summed E-state index contributed by atoms with van der Waals surface area (Å²) in [5.41, 5.74) is 1.76. The number of aliphatic hydroxyl groups is 1. The molecule has 5 nitrogen and oxygen atoms in total. The molecule has 1 amide bonds. The summed E-state index contributed by atoms with van der Waals surface area (Å²) < 4.78 is 5.22. The largest absolute Gasteiger partial charge is 0.497 e. The molecule has 1 aromatic heterocycles. The number of aromatic amines is 1. The number of benzene rings is 1. The fraction of sp³-hybridized carbons (Fsp3) is 0.400. The number of amides is 1. The van der Waals surface area contributed by atoms with Crippen LogP contribution in [0.5, 0.6) is 5.75 Å². The van der Waals surface area contributed by atoms with Crippen LogP contribution in [0.3, 0.4) is 0 Å². The first-order valence-corrected chi connectivity index (χ1v) is 6.80. The lowest BCUT2D eigenvalue weighted by molar-refractivity contribution is -0.128. The number of likely N-dealkylation sites (tertiary alicyclic amines) is 1. The summed E-state index contributed by atoms with van der Waals surface area (Å²) in [5, 5.41) is 11.3. The molecule has 1 unspecified atom stereocenters. The van der Waals surface area contributed by atoms with Crippen LogP contribution in [0.4, 0.5) is 0 Å². The van der Waals surface area contributed by atoms with Crippen LogP contribution < -0.4 is 4.74 Å². The molecule has 1 fully saturated rings. The van der Waals surface area contributed by atoms with Gasteiger partial charge in [0.25, 0.3) is 0 Å². The maximum absolute atomic E-state index is 11.6. The second-order valence-electron chi connectivity index (χ2n) is 5.11. The molecule has 1 aliphatic rings. The quantitative estimate of drug-likeness (QED) is 0.894. The first kappa shape index (κ1) is 13.0. The Morgan fingerprint density at radius 1 is 1.50 bits per heavy atom.